The Morgan fingerprint density at radius 1 is 1.11 bits per heavy atom. The Balaban J connectivity index is 1.97. The van der Waals surface area contributed by atoms with Gasteiger partial charge in [-0.3, -0.25) is 19.2 Å². The zero-order valence-electron chi connectivity index (χ0n) is 20.6. The average molecular weight is 504 g/mol. The van der Waals surface area contributed by atoms with Gasteiger partial charge in [-0.1, -0.05) is 32.0 Å². The molecule has 0 radical (unpaired) electrons. The number of benzene rings is 2. The maximum absolute atomic E-state index is 13.5. The molecule has 0 spiro atoms. The summed E-state index contributed by atoms with van der Waals surface area (Å²) in [7, 11) is -2.66. The fourth-order valence-corrected chi connectivity index (χ4v) is 5.87. The molecule has 0 fully saturated rings. The van der Waals surface area contributed by atoms with Gasteiger partial charge in [-0.15, -0.1) is 0 Å². The third-order valence-corrected chi connectivity index (χ3v) is 7.61. The number of carbonyl (C=O) groups excluding carboxylic acids is 1. The molecule has 0 bridgehead atoms. The first-order chi connectivity index (χ1) is 16.6. The molecule has 2 atom stereocenters. The number of anilines is 1. The fraction of sp³-hybridized carbons (Fsp3) is 0.480. The number of amides is 1. The molecular weight excluding hydrogens is 470 g/mol. The van der Waals surface area contributed by atoms with Crippen molar-refractivity contribution in [3.05, 3.63) is 63.2 Å². The van der Waals surface area contributed by atoms with E-state index in [1.807, 2.05) is 13.0 Å². The smallest absolute Gasteiger partial charge is 0.271 e. The third kappa shape index (κ3) is 5.93. The monoisotopic (exact) mass is 503 g/mol. The van der Waals surface area contributed by atoms with Crippen LogP contribution in [-0.4, -0.2) is 38.7 Å². The lowest BCUT2D eigenvalue weighted by atomic mass is 9.88. The van der Waals surface area contributed by atoms with E-state index < -0.39 is 26.9 Å². The second-order valence-electron chi connectivity index (χ2n) is 8.80. The SMILES string of the molecule is CC[C@H](NC(=O)[C@@H](CC)N(c1cc([N+](=O)[O-])ccc1OC)S(C)(=O)=O)c1ccc2c(c1)CCCC2. The van der Waals surface area contributed by atoms with Crippen LogP contribution < -0.4 is 14.4 Å². The molecule has 1 amide bonds. The van der Waals surface area contributed by atoms with Gasteiger partial charge < -0.3 is 10.1 Å². The fourth-order valence-electron chi connectivity index (χ4n) is 4.66. The number of nitrogens with one attached hydrogen (secondary N) is 1. The highest BCUT2D eigenvalue weighted by molar-refractivity contribution is 7.92. The lowest BCUT2D eigenvalue weighted by Gasteiger charge is -2.32. The van der Waals surface area contributed by atoms with E-state index in [0.29, 0.717) is 6.42 Å². The molecule has 190 valence electrons. The van der Waals surface area contributed by atoms with Crippen molar-refractivity contribution < 1.29 is 22.9 Å². The molecule has 1 aliphatic rings. The van der Waals surface area contributed by atoms with Crippen LogP contribution in [0.25, 0.3) is 0 Å². The molecule has 0 unspecified atom stereocenters. The minimum atomic E-state index is -4.00. The van der Waals surface area contributed by atoms with E-state index in [1.54, 1.807) is 6.92 Å². The number of hydrogen-bond acceptors (Lipinski definition) is 6. The lowest BCUT2D eigenvalue weighted by molar-refractivity contribution is -0.384. The van der Waals surface area contributed by atoms with Crippen molar-refractivity contribution in [2.24, 2.45) is 0 Å². The summed E-state index contributed by atoms with van der Waals surface area (Å²) in [6, 6.07) is 8.55. The first-order valence-corrected chi connectivity index (χ1v) is 13.7. The average Bonchev–Trinajstić information content (AvgIpc) is 2.84. The van der Waals surface area contributed by atoms with Crippen LogP contribution in [0.15, 0.2) is 36.4 Å². The molecule has 0 heterocycles. The van der Waals surface area contributed by atoms with Crippen molar-refractivity contribution in [3.8, 4) is 5.75 Å². The molecule has 1 N–H and O–H groups in total. The maximum Gasteiger partial charge on any atom is 0.271 e. The molecular formula is C25H33N3O6S. The van der Waals surface area contributed by atoms with Gasteiger partial charge >= 0.3 is 0 Å². The Morgan fingerprint density at radius 3 is 2.37 bits per heavy atom. The Bertz CT molecular complexity index is 1200. The van der Waals surface area contributed by atoms with Crippen LogP contribution in [0, 0.1) is 10.1 Å². The van der Waals surface area contributed by atoms with Gasteiger partial charge in [0.05, 0.1) is 24.3 Å². The molecule has 3 rings (SSSR count). The topological polar surface area (TPSA) is 119 Å². The molecule has 0 saturated heterocycles. The number of nitro groups is 1. The normalized spacial score (nSPS) is 15.0. The molecule has 9 nitrogen and oxygen atoms in total. The van der Waals surface area contributed by atoms with Crippen molar-refractivity contribution in [1.82, 2.24) is 5.32 Å². The number of ether oxygens (including phenoxy) is 1. The minimum Gasteiger partial charge on any atom is -0.495 e. The summed E-state index contributed by atoms with van der Waals surface area (Å²) < 4.78 is 32.0. The van der Waals surface area contributed by atoms with E-state index >= 15 is 0 Å². The second-order valence-corrected chi connectivity index (χ2v) is 10.7. The zero-order valence-corrected chi connectivity index (χ0v) is 21.4. The number of sulfonamides is 1. The minimum absolute atomic E-state index is 0.0481. The van der Waals surface area contributed by atoms with Gasteiger partial charge in [0.2, 0.25) is 15.9 Å². The van der Waals surface area contributed by atoms with Gasteiger partial charge in [0.15, 0.2) is 0 Å². The van der Waals surface area contributed by atoms with Crippen LogP contribution in [0.3, 0.4) is 0 Å². The number of methoxy groups -OCH3 is 1. The molecule has 35 heavy (non-hydrogen) atoms. The van der Waals surface area contributed by atoms with Gasteiger partial charge in [-0.05, 0) is 61.3 Å². The zero-order chi connectivity index (χ0) is 25.8. The number of nitrogens with zero attached hydrogens (tertiary/aromatic N) is 2. The van der Waals surface area contributed by atoms with Crippen LogP contribution in [0.1, 0.15) is 62.3 Å². The Kier molecular flexibility index (Phi) is 8.37. The number of carbonyl (C=O) groups is 1. The summed E-state index contributed by atoms with van der Waals surface area (Å²) in [6.07, 6.45) is 6.16. The van der Waals surface area contributed by atoms with E-state index in [9.17, 15) is 23.3 Å². The molecule has 10 heteroatoms. The van der Waals surface area contributed by atoms with Crippen LogP contribution >= 0.6 is 0 Å². The molecule has 2 aromatic carbocycles. The summed E-state index contributed by atoms with van der Waals surface area (Å²) in [5, 5.41) is 14.4. The van der Waals surface area contributed by atoms with Crippen LogP contribution in [0.2, 0.25) is 0 Å². The second kappa shape index (κ2) is 11.1. The summed E-state index contributed by atoms with van der Waals surface area (Å²) in [4.78, 5) is 24.2. The molecule has 1 aliphatic carbocycles. The van der Waals surface area contributed by atoms with E-state index in [2.05, 4.69) is 17.4 Å². The number of aryl methyl sites for hydroxylation is 2. The summed E-state index contributed by atoms with van der Waals surface area (Å²) in [6.45, 7) is 3.66. The van der Waals surface area contributed by atoms with Crippen LogP contribution in [0.4, 0.5) is 11.4 Å². The third-order valence-electron chi connectivity index (χ3n) is 6.44. The predicted molar refractivity (Wildman–Crippen MR) is 135 cm³/mol. The Labute approximate surface area is 206 Å². The van der Waals surface area contributed by atoms with E-state index in [1.165, 1.54) is 36.8 Å². The van der Waals surface area contributed by atoms with Crippen molar-refractivity contribution in [2.45, 2.75) is 64.5 Å². The molecule has 2 aromatic rings. The van der Waals surface area contributed by atoms with Crippen molar-refractivity contribution in [2.75, 3.05) is 17.7 Å². The highest BCUT2D eigenvalue weighted by atomic mass is 32.2. The molecule has 0 saturated carbocycles. The van der Waals surface area contributed by atoms with Gasteiger partial charge in [0.1, 0.15) is 17.5 Å². The number of nitro benzene ring substituents is 1. The van der Waals surface area contributed by atoms with Gasteiger partial charge in [0, 0.05) is 12.1 Å². The highest BCUT2D eigenvalue weighted by Crippen LogP contribution is 2.36. The Morgan fingerprint density at radius 2 is 1.80 bits per heavy atom. The Hall–Kier alpha value is -3.14. The quantitative estimate of drug-likeness (QED) is 0.382. The van der Waals surface area contributed by atoms with Crippen molar-refractivity contribution >= 4 is 27.3 Å². The van der Waals surface area contributed by atoms with E-state index in [-0.39, 0.29) is 29.6 Å². The standard InChI is InChI=1S/C25H33N3O6S/c1-5-21(19-12-11-17-9-7-8-10-18(17)15-19)26-25(29)22(6-2)27(35(4,32)33)23-16-20(28(30)31)13-14-24(23)34-3/h11-16,21-22H,5-10H2,1-4H3,(H,26,29)/t21-,22+/m0/s1. The first kappa shape index (κ1) is 26.5. The van der Waals surface area contributed by atoms with E-state index in [4.69, 9.17) is 4.74 Å². The maximum atomic E-state index is 13.5. The highest BCUT2D eigenvalue weighted by Gasteiger charge is 2.35. The molecule has 0 aliphatic heterocycles. The van der Waals surface area contributed by atoms with E-state index in [0.717, 1.165) is 41.5 Å². The number of fused-ring (bicyclic) bond motifs is 1. The molecule has 0 aromatic heterocycles. The lowest BCUT2D eigenvalue weighted by Crippen LogP contribution is -2.50. The van der Waals surface area contributed by atoms with Gasteiger partial charge in [-0.25, -0.2) is 8.42 Å². The number of non-ortho nitro benzene ring substituents is 1. The predicted octanol–water partition coefficient (Wildman–Crippen LogP) is 4.29. The summed E-state index contributed by atoms with van der Waals surface area (Å²) >= 11 is 0. The van der Waals surface area contributed by atoms with Crippen LogP contribution in [-0.2, 0) is 27.7 Å². The largest absolute Gasteiger partial charge is 0.495 e. The number of hydrogen-bond donors (Lipinski definition) is 1. The van der Waals surface area contributed by atoms with Crippen LogP contribution in [0.5, 0.6) is 5.75 Å². The summed E-state index contributed by atoms with van der Waals surface area (Å²) in [5.74, 6) is -0.356. The van der Waals surface area contributed by atoms with Crippen molar-refractivity contribution in [3.63, 3.8) is 0 Å². The van der Waals surface area contributed by atoms with Gasteiger partial charge in [-0.2, -0.15) is 0 Å². The summed E-state index contributed by atoms with van der Waals surface area (Å²) in [5.41, 5.74) is 3.27. The number of rotatable bonds is 10. The van der Waals surface area contributed by atoms with Crippen molar-refractivity contribution in [1.29, 1.82) is 0 Å². The van der Waals surface area contributed by atoms with Gasteiger partial charge in [0.25, 0.3) is 5.69 Å². The first-order valence-electron chi connectivity index (χ1n) is 11.8.